The van der Waals surface area contributed by atoms with Gasteiger partial charge in [-0.25, -0.2) is 4.98 Å². The zero-order chi connectivity index (χ0) is 25.4. The highest BCUT2D eigenvalue weighted by molar-refractivity contribution is 8.00. The van der Waals surface area contributed by atoms with Crippen molar-refractivity contribution in [1.29, 1.82) is 0 Å². The summed E-state index contributed by atoms with van der Waals surface area (Å²) in [7, 11) is 1.31. The first-order valence-corrected chi connectivity index (χ1v) is 12.8. The number of fused-ring (bicyclic) bond motifs is 2. The van der Waals surface area contributed by atoms with Crippen molar-refractivity contribution in [2.75, 3.05) is 24.3 Å². The van der Waals surface area contributed by atoms with E-state index in [9.17, 15) is 14.4 Å². The Hall–Kier alpha value is -3.97. The Morgan fingerprint density at radius 1 is 1.36 bits per heavy atom. The number of allylic oxidation sites excluding steroid dienone is 1. The summed E-state index contributed by atoms with van der Waals surface area (Å²) in [6.07, 6.45) is 2.62. The zero-order valence-corrected chi connectivity index (χ0v) is 20.7. The molecule has 1 fully saturated rings. The number of β-lactam (4-membered cyclic amide) rings is 1. The predicted octanol–water partition coefficient (Wildman–Crippen LogP) is 0.652. The van der Waals surface area contributed by atoms with Gasteiger partial charge in [0.2, 0.25) is 5.52 Å². The number of carbonyl (C=O) groups is 3. The average Bonchev–Trinajstić information content (AvgIpc) is 3.31. The summed E-state index contributed by atoms with van der Waals surface area (Å²) in [6, 6.07) is 8.69. The summed E-state index contributed by atoms with van der Waals surface area (Å²) >= 11 is 2.63. The summed E-state index contributed by atoms with van der Waals surface area (Å²) in [5.74, 6) is -0.476. The quantitative estimate of drug-likeness (QED) is 0.102. The lowest BCUT2D eigenvalue weighted by atomic mass is 10.0. The van der Waals surface area contributed by atoms with Crippen molar-refractivity contribution in [2.45, 2.75) is 18.0 Å². The Balaban J connectivity index is 1.36. The van der Waals surface area contributed by atoms with E-state index in [0.29, 0.717) is 30.0 Å². The predicted molar refractivity (Wildman–Crippen MR) is 137 cm³/mol. The van der Waals surface area contributed by atoms with E-state index in [4.69, 9.17) is 16.3 Å². The molecule has 3 aromatic rings. The lowest BCUT2D eigenvalue weighted by molar-refractivity contribution is -0.663. The largest absolute Gasteiger partial charge is 0.398 e. The number of nitrogens with one attached hydrogen (secondary N) is 1. The highest BCUT2D eigenvalue weighted by Crippen LogP contribution is 2.39. The molecule has 5 rings (SSSR count). The Labute approximate surface area is 213 Å². The number of anilines is 2. The van der Waals surface area contributed by atoms with E-state index >= 15 is 0 Å². The fraction of sp³-hybridized carbons (Fsp3) is 0.217. The van der Waals surface area contributed by atoms with E-state index in [0.717, 1.165) is 27.8 Å². The minimum atomic E-state index is -0.818. The minimum Gasteiger partial charge on any atom is -0.398 e. The first kappa shape index (κ1) is 23.8. The first-order chi connectivity index (χ1) is 17.4. The van der Waals surface area contributed by atoms with Crippen LogP contribution in [0.3, 0.4) is 0 Å². The molecule has 13 heteroatoms. The number of benzene rings is 1. The second kappa shape index (κ2) is 9.59. The number of nitrogen functional groups attached to an aromatic ring is 2. The molecule has 11 nitrogen and oxygen atoms in total. The SMILES string of the molecule is CO/N=C(\C(=O)N[C@@H]1C(=O)N2C(C=O)=C(C[n+]3cccc4c(N)cccc43)CS[C@H]12)c1csc(N)n1. The van der Waals surface area contributed by atoms with Gasteiger partial charge in [0.25, 0.3) is 11.8 Å². The molecule has 0 unspecified atom stereocenters. The number of oxime groups is 1. The maximum Gasteiger partial charge on any atom is 0.276 e. The van der Waals surface area contributed by atoms with Gasteiger partial charge in [0.1, 0.15) is 24.2 Å². The standard InChI is InChI=1S/C23H21N7O4S2/c1-34-28-18(15-11-36-23(25)26-15)20(32)27-19-21(33)30-17(9-31)12(10-35-22(19)30)8-29-7-3-4-13-14(24)5-2-6-16(13)29/h2-7,9,11,19,22,24H,8,10H2,1H3,(H3,25,26,27,32)/p+1/b28-18-/t19-,22-/m1/s1. The maximum absolute atomic E-state index is 13.1. The molecule has 5 N–H and O–H groups in total. The van der Waals surface area contributed by atoms with Gasteiger partial charge in [-0.15, -0.1) is 23.1 Å². The number of aldehydes is 1. The number of thiazole rings is 1. The van der Waals surface area contributed by atoms with Crippen molar-refractivity contribution in [3.63, 3.8) is 0 Å². The van der Waals surface area contributed by atoms with Crippen LogP contribution in [0, 0.1) is 0 Å². The number of thioether (sulfide) groups is 1. The maximum atomic E-state index is 13.1. The van der Waals surface area contributed by atoms with Crippen molar-refractivity contribution in [2.24, 2.45) is 5.16 Å². The number of pyridine rings is 1. The summed E-state index contributed by atoms with van der Waals surface area (Å²) in [4.78, 5) is 48.3. The smallest absolute Gasteiger partial charge is 0.276 e. The van der Waals surface area contributed by atoms with Gasteiger partial charge in [-0.1, -0.05) is 11.2 Å². The van der Waals surface area contributed by atoms with Crippen LogP contribution < -0.4 is 21.4 Å². The van der Waals surface area contributed by atoms with Gasteiger partial charge >= 0.3 is 0 Å². The number of amides is 2. The van der Waals surface area contributed by atoms with Crippen molar-refractivity contribution in [1.82, 2.24) is 15.2 Å². The van der Waals surface area contributed by atoms with Crippen LogP contribution in [0.15, 0.2) is 58.3 Å². The number of aromatic nitrogens is 2. The molecule has 0 aliphatic carbocycles. The monoisotopic (exact) mass is 524 g/mol. The fourth-order valence-corrected chi connectivity index (χ4v) is 6.19. The molecule has 0 spiro atoms. The molecule has 0 saturated carbocycles. The van der Waals surface area contributed by atoms with Gasteiger partial charge in [0, 0.05) is 34.5 Å². The number of nitrogens with two attached hydrogens (primary N) is 2. The van der Waals surface area contributed by atoms with Gasteiger partial charge < -0.3 is 21.6 Å². The summed E-state index contributed by atoms with van der Waals surface area (Å²) < 4.78 is 2.00. The number of nitrogens with zero attached hydrogens (tertiary/aromatic N) is 4. The first-order valence-electron chi connectivity index (χ1n) is 10.8. The Morgan fingerprint density at radius 2 is 2.19 bits per heavy atom. The van der Waals surface area contributed by atoms with Crippen molar-refractivity contribution in [3.8, 4) is 0 Å². The minimum absolute atomic E-state index is 0.0871. The van der Waals surface area contributed by atoms with E-state index in [1.54, 1.807) is 5.38 Å². The molecule has 36 heavy (non-hydrogen) atoms. The molecule has 0 bridgehead atoms. The highest BCUT2D eigenvalue weighted by Gasteiger charge is 2.53. The van der Waals surface area contributed by atoms with Gasteiger partial charge in [-0.2, -0.15) is 4.57 Å². The topological polar surface area (TPSA) is 157 Å². The van der Waals surface area contributed by atoms with Gasteiger partial charge in [0.05, 0.1) is 11.1 Å². The van der Waals surface area contributed by atoms with Crippen LogP contribution in [0.4, 0.5) is 10.8 Å². The van der Waals surface area contributed by atoms with E-state index in [2.05, 4.69) is 15.5 Å². The van der Waals surface area contributed by atoms with Crippen LogP contribution in [0.2, 0.25) is 0 Å². The third-order valence-electron chi connectivity index (χ3n) is 5.97. The number of carbonyl (C=O) groups excluding carboxylic acids is 3. The molecule has 1 aromatic carbocycles. The fourth-order valence-electron chi connectivity index (χ4n) is 4.29. The number of hydrogen-bond donors (Lipinski definition) is 3. The van der Waals surface area contributed by atoms with Crippen LogP contribution >= 0.6 is 23.1 Å². The molecule has 2 aromatic heterocycles. The highest BCUT2D eigenvalue weighted by atomic mass is 32.2. The van der Waals surface area contributed by atoms with E-state index in [1.807, 2.05) is 41.1 Å². The molecular weight excluding hydrogens is 502 g/mol. The molecular formula is C23H22N7O4S2+. The summed E-state index contributed by atoms with van der Waals surface area (Å²) in [5, 5.41) is 8.80. The molecule has 2 aliphatic rings. The van der Waals surface area contributed by atoms with E-state index < -0.39 is 17.3 Å². The third kappa shape index (κ3) is 4.05. The molecule has 4 heterocycles. The second-order valence-electron chi connectivity index (χ2n) is 8.08. The molecule has 2 aliphatic heterocycles. The van der Waals surface area contributed by atoms with E-state index in [-0.39, 0.29) is 22.4 Å². The zero-order valence-electron chi connectivity index (χ0n) is 19.1. The van der Waals surface area contributed by atoms with Gasteiger partial charge in [0.15, 0.2) is 29.9 Å². The second-order valence-corrected chi connectivity index (χ2v) is 10.1. The van der Waals surface area contributed by atoms with Crippen molar-refractivity contribution >= 4 is 68.6 Å². The van der Waals surface area contributed by atoms with Gasteiger partial charge in [-0.05, 0) is 12.1 Å². The summed E-state index contributed by atoms with van der Waals surface area (Å²) in [5.41, 5.74) is 14.7. The van der Waals surface area contributed by atoms with Crippen LogP contribution in [0.25, 0.3) is 10.9 Å². The average molecular weight is 525 g/mol. The molecule has 184 valence electrons. The van der Waals surface area contributed by atoms with Crippen LogP contribution in [0.5, 0.6) is 0 Å². The summed E-state index contributed by atoms with van der Waals surface area (Å²) in [6.45, 7) is 0.422. The normalized spacial score (nSPS) is 19.6. The van der Waals surface area contributed by atoms with Gasteiger partial charge in [-0.3, -0.25) is 19.3 Å². The van der Waals surface area contributed by atoms with Crippen LogP contribution in [-0.4, -0.2) is 58.0 Å². The molecule has 2 atom stereocenters. The third-order valence-corrected chi connectivity index (χ3v) is 7.98. The number of rotatable bonds is 7. The van der Waals surface area contributed by atoms with E-state index in [1.165, 1.54) is 23.8 Å². The number of hydrogen-bond acceptors (Lipinski definition) is 10. The molecule has 0 radical (unpaired) electrons. The lowest BCUT2D eigenvalue weighted by Gasteiger charge is -2.49. The Bertz CT molecular complexity index is 1450. The van der Waals surface area contributed by atoms with Crippen LogP contribution in [0.1, 0.15) is 5.69 Å². The molecule has 2 amide bonds. The van der Waals surface area contributed by atoms with Crippen molar-refractivity contribution in [3.05, 3.63) is 58.9 Å². The lowest BCUT2D eigenvalue weighted by Crippen LogP contribution is -2.70. The Morgan fingerprint density at radius 3 is 2.92 bits per heavy atom. The Kier molecular flexibility index (Phi) is 6.33. The van der Waals surface area contributed by atoms with Crippen molar-refractivity contribution < 1.29 is 23.8 Å². The van der Waals surface area contributed by atoms with Crippen LogP contribution in [-0.2, 0) is 25.8 Å². The molecule has 1 saturated heterocycles.